The van der Waals surface area contributed by atoms with Crippen molar-refractivity contribution < 1.29 is 4.79 Å². The van der Waals surface area contributed by atoms with Gasteiger partial charge in [-0.05, 0) is 24.3 Å². The number of benzene rings is 1. The van der Waals surface area contributed by atoms with Crippen molar-refractivity contribution in [3.05, 3.63) is 35.9 Å². The van der Waals surface area contributed by atoms with E-state index in [-0.39, 0.29) is 30.3 Å². The van der Waals surface area contributed by atoms with Gasteiger partial charge in [0.15, 0.2) is 0 Å². The fourth-order valence-electron chi connectivity index (χ4n) is 3.17. The number of nitrogens with one attached hydrogen (secondary N) is 2. The van der Waals surface area contributed by atoms with E-state index < -0.39 is 0 Å². The second-order valence-corrected chi connectivity index (χ2v) is 5.80. The zero-order chi connectivity index (χ0) is 13.1. The van der Waals surface area contributed by atoms with Crippen LogP contribution in [-0.4, -0.2) is 19.0 Å². The van der Waals surface area contributed by atoms with Gasteiger partial charge in [0.05, 0.1) is 12.0 Å². The molecule has 0 bridgehead atoms. The van der Waals surface area contributed by atoms with Crippen LogP contribution in [0, 0.1) is 11.8 Å². The largest absolute Gasteiger partial charge is 0.349 e. The normalized spacial score (nSPS) is 20.8. The zero-order valence-electron chi connectivity index (χ0n) is 11.7. The summed E-state index contributed by atoms with van der Waals surface area (Å²) < 4.78 is 0. The smallest absolute Gasteiger partial charge is 0.226 e. The first-order valence-corrected chi connectivity index (χ1v) is 7.40. The quantitative estimate of drug-likeness (QED) is 0.896. The molecule has 1 aromatic rings. The van der Waals surface area contributed by atoms with Gasteiger partial charge in [0, 0.05) is 13.1 Å². The summed E-state index contributed by atoms with van der Waals surface area (Å²) in [4.78, 5) is 12.2. The molecule has 1 aromatic carbocycles. The van der Waals surface area contributed by atoms with E-state index in [9.17, 15) is 4.79 Å². The lowest BCUT2D eigenvalue weighted by molar-refractivity contribution is -0.127. The summed E-state index contributed by atoms with van der Waals surface area (Å²) in [5.41, 5.74) is 1.26. The van der Waals surface area contributed by atoms with Gasteiger partial charge >= 0.3 is 0 Å². The molecule has 3 rings (SSSR count). The van der Waals surface area contributed by atoms with E-state index in [2.05, 4.69) is 34.9 Å². The highest BCUT2D eigenvalue weighted by Crippen LogP contribution is 2.35. The molecular weight excluding hydrogens is 272 g/mol. The molecule has 1 aliphatic heterocycles. The first kappa shape index (κ1) is 15.3. The molecule has 20 heavy (non-hydrogen) atoms. The molecule has 1 amide bonds. The SMILES string of the molecule is Cl.O=C(NC(c1ccccc1)C1CCCC1)C1CNC1. The highest BCUT2D eigenvalue weighted by molar-refractivity contribution is 5.85. The fraction of sp³-hybridized carbons (Fsp3) is 0.562. The van der Waals surface area contributed by atoms with E-state index in [0.717, 1.165) is 13.1 Å². The number of amides is 1. The summed E-state index contributed by atoms with van der Waals surface area (Å²) >= 11 is 0. The van der Waals surface area contributed by atoms with Gasteiger partial charge in [-0.2, -0.15) is 0 Å². The fourth-order valence-corrected chi connectivity index (χ4v) is 3.17. The molecule has 110 valence electrons. The average molecular weight is 295 g/mol. The van der Waals surface area contributed by atoms with E-state index in [1.54, 1.807) is 0 Å². The molecule has 1 aliphatic carbocycles. The van der Waals surface area contributed by atoms with Crippen LogP contribution in [0.4, 0.5) is 0 Å². The van der Waals surface area contributed by atoms with Crippen molar-refractivity contribution in [3.8, 4) is 0 Å². The van der Waals surface area contributed by atoms with Gasteiger partial charge in [-0.25, -0.2) is 0 Å². The predicted molar refractivity (Wildman–Crippen MR) is 82.9 cm³/mol. The Morgan fingerprint density at radius 2 is 1.80 bits per heavy atom. The standard InChI is InChI=1S/C16H22N2O.ClH/c19-16(14-10-17-11-14)18-15(13-8-4-5-9-13)12-6-2-1-3-7-12;/h1-3,6-7,13-15,17H,4-5,8-11H2,(H,18,19);1H. The van der Waals surface area contributed by atoms with Crippen LogP contribution < -0.4 is 10.6 Å². The summed E-state index contributed by atoms with van der Waals surface area (Å²) in [5, 5.41) is 6.46. The topological polar surface area (TPSA) is 41.1 Å². The van der Waals surface area contributed by atoms with Gasteiger partial charge in [-0.3, -0.25) is 4.79 Å². The number of carbonyl (C=O) groups excluding carboxylic acids is 1. The molecule has 4 heteroatoms. The third-order valence-corrected chi connectivity index (χ3v) is 4.48. The van der Waals surface area contributed by atoms with Gasteiger partial charge in [0.1, 0.15) is 0 Å². The summed E-state index contributed by atoms with van der Waals surface area (Å²) in [7, 11) is 0. The number of hydrogen-bond donors (Lipinski definition) is 2. The molecule has 2 aliphatic rings. The van der Waals surface area contributed by atoms with Crippen LogP contribution in [0.1, 0.15) is 37.3 Å². The third-order valence-electron chi connectivity index (χ3n) is 4.48. The molecule has 3 nitrogen and oxygen atoms in total. The summed E-state index contributed by atoms with van der Waals surface area (Å²) in [6, 6.07) is 10.6. The van der Waals surface area contributed by atoms with Crippen molar-refractivity contribution in [1.29, 1.82) is 0 Å². The van der Waals surface area contributed by atoms with E-state index in [0.29, 0.717) is 5.92 Å². The van der Waals surface area contributed by atoms with Crippen molar-refractivity contribution in [2.45, 2.75) is 31.7 Å². The molecule has 0 aromatic heterocycles. The number of rotatable bonds is 4. The summed E-state index contributed by atoms with van der Waals surface area (Å²) in [6.07, 6.45) is 5.08. The van der Waals surface area contributed by atoms with E-state index in [1.807, 2.05) is 6.07 Å². The minimum atomic E-state index is 0. The van der Waals surface area contributed by atoms with E-state index in [4.69, 9.17) is 0 Å². The van der Waals surface area contributed by atoms with Gasteiger partial charge < -0.3 is 10.6 Å². The van der Waals surface area contributed by atoms with Crippen molar-refractivity contribution in [2.75, 3.05) is 13.1 Å². The maximum absolute atomic E-state index is 12.2. The Labute approximate surface area is 126 Å². The molecule has 1 saturated carbocycles. The van der Waals surface area contributed by atoms with Crippen molar-refractivity contribution in [3.63, 3.8) is 0 Å². The molecule has 1 heterocycles. The lowest BCUT2D eigenvalue weighted by Gasteiger charge is -2.31. The number of halogens is 1. The Kier molecular flexibility index (Phi) is 5.44. The zero-order valence-corrected chi connectivity index (χ0v) is 12.5. The molecule has 0 radical (unpaired) electrons. The van der Waals surface area contributed by atoms with Crippen LogP contribution in [-0.2, 0) is 4.79 Å². The van der Waals surface area contributed by atoms with Crippen LogP contribution in [0.5, 0.6) is 0 Å². The molecule has 1 unspecified atom stereocenters. The number of hydrogen-bond acceptors (Lipinski definition) is 2. The minimum Gasteiger partial charge on any atom is -0.349 e. The maximum Gasteiger partial charge on any atom is 0.226 e. The van der Waals surface area contributed by atoms with Gasteiger partial charge in [-0.1, -0.05) is 43.2 Å². The van der Waals surface area contributed by atoms with Crippen LogP contribution in [0.2, 0.25) is 0 Å². The molecule has 2 fully saturated rings. The summed E-state index contributed by atoms with van der Waals surface area (Å²) in [6.45, 7) is 1.66. The Morgan fingerprint density at radius 1 is 1.15 bits per heavy atom. The highest BCUT2D eigenvalue weighted by atomic mass is 35.5. The average Bonchev–Trinajstić information content (AvgIpc) is 2.88. The maximum atomic E-state index is 12.2. The van der Waals surface area contributed by atoms with Crippen molar-refractivity contribution in [1.82, 2.24) is 10.6 Å². The first-order chi connectivity index (χ1) is 9.34. The first-order valence-electron chi connectivity index (χ1n) is 7.40. The van der Waals surface area contributed by atoms with E-state index in [1.165, 1.54) is 31.2 Å². The van der Waals surface area contributed by atoms with Crippen LogP contribution in [0.25, 0.3) is 0 Å². The van der Waals surface area contributed by atoms with Crippen molar-refractivity contribution in [2.24, 2.45) is 11.8 Å². The predicted octanol–water partition coefficient (Wildman–Crippen LogP) is 2.68. The van der Waals surface area contributed by atoms with Gasteiger partial charge in [0.25, 0.3) is 0 Å². The molecule has 0 spiro atoms. The van der Waals surface area contributed by atoms with Crippen molar-refractivity contribution >= 4 is 18.3 Å². The van der Waals surface area contributed by atoms with Gasteiger partial charge in [-0.15, -0.1) is 12.4 Å². The molecule has 1 saturated heterocycles. The second kappa shape index (κ2) is 7.09. The Morgan fingerprint density at radius 3 is 2.35 bits per heavy atom. The summed E-state index contributed by atoms with van der Waals surface area (Å²) in [5.74, 6) is 1.01. The van der Waals surface area contributed by atoms with Gasteiger partial charge in [0.2, 0.25) is 5.91 Å². The molecule has 2 N–H and O–H groups in total. The number of carbonyl (C=O) groups is 1. The Balaban J connectivity index is 0.00000147. The minimum absolute atomic E-state index is 0. The van der Waals surface area contributed by atoms with E-state index >= 15 is 0 Å². The highest BCUT2D eigenvalue weighted by Gasteiger charge is 2.31. The Hall–Kier alpha value is -1.06. The van der Waals surface area contributed by atoms with Crippen LogP contribution in [0.15, 0.2) is 30.3 Å². The van der Waals surface area contributed by atoms with Crippen LogP contribution in [0.3, 0.4) is 0 Å². The lowest BCUT2D eigenvalue weighted by atomic mass is 9.90. The second-order valence-electron chi connectivity index (χ2n) is 5.80. The molecular formula is C16H23ClN2O. The van der Waals surface area contributed by atoms with Crippen LogP contribution >= 0.6 is 12.4 Å². The monoisotopic (exact) mass is 294 g/mol. The third kappa shape index (κ3) is 3.33. The molecule has 1 atom stereocenters. The Bertz CT molecular complexity index is 427. The lowest BCUT2D eigenvalue weighted by Crippen LogP contribution is -2.51.